The third-order valence-corrected chi connectivity index (χ3v) is 4.67. The molecular weight excluding hydrogens is 332 g/mol. The lowest BCUT2D eigenvalue weighted by Gasteiger charge is -2.14. The SMILES string of the molecule is Cc1cc(Cl)ccc1NC(=O)C[NH2+][C@H](C)c1cccc2ccccc12. The van der Waals surface area contributed by atoms with Crippen LogP contribution in [0.3, 0.4) is 0 Å². The summed E-state index contributed by atoms with van der Waals surface area (Å²) in [6.45, 7) is 4.43. The van der Waals surface area contributed by atoms with E-state index in [2.05, 4.69) is 54.0 Å². The summed E-state index contributed by atoms with van der Waals surface area (Å²) < 4.78 is 0. The van der Waals surface area contributed by atoms with Crippen molar-refractivity contribution in [1.82, 2.24) is 0 Å². The number of nitrogens with one attached hydrogen (secondary N) is 1. The number of amides is 1. The standard InChI is InChI=1S/C21H21ClN2O/c1-14-12-17(22)10-11-20(14)24-21(25)13-23-15(2)18-9-5-7-16-6-3-4-8-19(16)18/h3-12,15,23H,13H2,1-2H3,(H,24,25)/p+1/t15-/m1/s1. The normalized spacial score (nSPS) is 12.1. The second-order valence-corrected chi connectivity index (χ2v) is 6.74. The van der Waals surface area contributed by atoms with Crippen LogP contribution in [0.5, 0.6) is 0 Å². The molecule has 0 bridgehead atoms. The molecule has 0 spiro atoms. The van der Waals surface area contributed by atoms with E-state index in [4.69, 9.17) is 11.6 Å². The molecule has 0 aliphatic heterocycles. The molecule has 0 saturated carbocycles. The van der Waals surface area contributed by atoms with Crippen molar-refractivity contribution in [1.29, 1.82) is 0 Å². The van der Waals surface area contributed by atoms with Gasteiger partial charge < -0.3 is 10.6 Å². The number of rotatable bonds is 5. The molecule has 4 heteroatoms. The van der Waals surface area contributed by atoms with Gasteiger partial charge in [0.2, 0.25) is 0 Å². The first-order valence-electron chi connectivity index (χ1n) is 8.41. The van der Waals surface area contributed by atoms with Crippen molar-refractivity contribution in [2.24, 2.45) is 0 Å². The molecule has 3 aromatic rings. The number of hydrogen-bond donors (Lipinski definition) is 2. The summed E-state index contributed by atoms with van der Waals surface area (Å²) in [7, 11) is 0. The van der Waals surface area contributed by atoms with Crippen LogP contribution in [0.2, 0.25) is 5.02 Å². The zero-order chi connectivity index (χ0) is 17.8. The average molecular weight is 354 g/mol. The highest BCUT2D eigenvalue weighted by Gasteiger charge is 2.14. The summed E-state index contributed by atoms with van der Waals surface area (Å²) in [5, 5.41) is 8.15. The van der Waals surface area contributed by atoms with Gasteiger partial charge >= 0.3 is 0 Å². The Morgan fingerprint density at radius 2 is 1.88 bits per heavy atom. The Morgan fingerprint density at radius 3 is 2.68 bits per heavy atom. The van der Waals surface area contributed by atoms with Gasteiger partial charge in [-0.2, -0.15) is 0 Å². The van der Waals surface area contributed by atoms with E-state index < -0.39 is 0 Å². The number of anilines is 1. The van der Waals surface area contributed by atoms with Crippen molar-refractivity contribution in [3.8, 4) is 0 Å². The highest BCUT2D eigenvalue weighted by Crippen LogP contribution is 2.22. The molecule has 0 saturated heterocycles. The number of carbonyl (C=O) groups is 1. The van der Waals surface area contributed by atoms with E-state index in [-0.39, 0.29) is 11.9 Å². The van der Waals surface area contributed by atoms with E-state index in [1.165, 1.54) is 16.3 Å². The highest BCUT2D eigenvalue weighted by molar-refractivity contribution is 6.30. The molecule has 0 unspecified atom stereocenters. The number of halogens is 1. The van der Waals surface area contributed by atoms with Crippen LogP contribution in [-0.4, -0.2) is 12.5 Å². The van der Waals surface area contributed by atoms with Crippen LogP contribution in [-0.2, 0) is 4.79 Å². The summed E-state index contributed by atoms with van der Waals surface area (Å²) in [6.07, 6.45) is 0. The van der Waals surface area contributed by atoms with Gasteiger partial charge in [-0.3, -0.25) is 4.79 Å². The zero-order valence-electron chi connectivity index (χ0n) is 14.4. The number of nitrogens with two attached hydrogens (primary N) is 1. The third kappa shape index (κ3) is 4.19. The second-order valence-electron chi connectivity index (χ2n) is 6.30. The first-order valence-corrected chi connectivity index (χ1v) is 8.79. The molecular formula is C21H22ClN2O+. The van der Waals surface area contributed by atoms with Gasteiger partial charge in [-0.25, -0.2) is 0 Å². The second kappa shape index (κ2) is 7.68. The van der Waals surface area contributed by atoms with Crippen molar-refractivity contribution < 1.29 is 10.1 Å². The fourth-order valence-electron chi connectivity index (χ4n) is 3.03. The van der Waals surface area contributed by atoms with Crippen LogP contribution in [0, 0.1) is 6.92 Å². The molecule has 0 aliphatic rings. The fourth-order valence-corrected chi connectivity index (χ4v) is 3.25. The number of aryl methyl sites for hydroxylation is 1. The van der Waals surface area contributed by atoms with Crippen molar-refractivity contribution >= 4 is 34.0 Å². The molecule has 0 fully saturated rings. The van der Waals surface area contributed by atoms with Gasteiger partial charge in [0.25, 0.3) is 5.91 Å². The molecule has 0 aliphatic carbocycles. The summed E-state index contributed by atoms with van der Waals surface area (Å²) in [6, 6.07) is 20.3. The monoisotopic (exact) mass is 353 g/mol. The first-order chi connectivity index (χ1) is 12.0. The molecule has 25 heavy (non-hydrogen) atoms. The van der Waals surface area contributed by atoms with E-state index in [0.717, 1.165) is 11.3 Å². The van der Waals surface area contributed by atoms with Crippen LogP contribution in [0.25, 0.3) is 10.8 Å². The lowest BCUT2D eigenvalue weighted by atomic mass is 10.00. The number of benzene rings is 3. The molecule has 3 nitrogen and oxygen atoms in total. The number of quaternary nitrogens is 1. The van der Waals surface area contributed by atoms with E-state index in [1.54, 1.807) is 6.07 Å². The maximum atomic E-state index is 12.3. The van der Waals surface area contributed by atoms with E-state index >= 15 is 0 Å². The van der Waals surface area contributed by atoms with Gasteiger partial charge in [0, 0.05) is 16.3 Å². The fraction of sp³-hybridized carbons (Fsp3) is 0.190. The molecule has 3 N–H and O–H groups in total. The molecule has 3 rings (SSSR count). The van der Waals surface area contributed by atoms with Crippen LogP contribution in [0.4, 0.5) is 5.69 Å². The van der Waals surface area contributed by atoms with Gasteiger partial charge in [0.15, 0.2) is 6.54 Å². The van der Waals surface area contributed by atoms with E-state index in [1.807, 2.05) is 25.1 Å². The van der Waals surface area contributed by atoms with Crippen LogP contribution < -0.4 is 10.6 Å². The van der Waals surface area contributed by atoms with Gasteiger partial charge in [-0.1, -0.05) is 54.1 Å². The molecule has 0 radical (unpaired) electrons. The van der Waals surface area contributed by atoms with Crippen molar-refractivity contribution in [2.75, 3.05) is 11.9 Å². The van der Waals surface area contributed by atoms with Gasteiger partial charge in [0.05, 0.1) is 0 Å². The van der Waals surface area contributed by atoms with Crippen molar-refractivity contribution in [3.05, 3.63) is 76.8 Å². The number of carbonyl (C=O) groups excluding carboxylic acids is 1. The third-order valence-electron chi connectivity index (χ3n) is 4.43. The Labute approximate surface area is 153 Å². The largest absolute Gasteiger partial charge is 0.332 e. The zero-order valence-corrected chi connectivity index (χ0v) is 15.2. The summed E-state index contributed by atoms with van der Waals surface area (Å²) in [5.74, 6) is -0.0162. The number of fused-ring (bicyclic) bond motifs is 1. The summed E-state index contributed by atoms with van der Waals surface area (Å²) in [4.78, 5) is 12.3. The molecule has 0 heterocycles. The Kier molecular flexibility index (Phi) is 5.37. The smallest absolute Gasteiger partial charge is 0.279 e. The van der Waals surface area contributed by atoms with Crippen molar-refractivity contribution in [3.63, 3.8) is 0 Å². The highest BCUT2D eigenvalue weighted by atomic mass is 35.5. The Balaban J connectivity index is 1.65. The predicted octanol–water partition coefficient (Wildman–Crippen LogP) is 4.06. The Hall–Kier alpha value is -2.36. The minimum atomic E-state index is -0.0162. The molecule has 128 valence electrons. The lowest BCUT2D eigenvalue weighted by Crippen LogP contribution is -2.86. The Morgan fingerprint density at radius 1 is 1.12 bits per heavy atom. The number of hydrogen-bond acceptors (Lipinski definition) is 1. The average Bonchev–Trinajstić information content (AvgIpc) is 2.61. The quantitative estimate of drug-likeness (QED) is 0.713. The van der Waals surface area contributed by atoms with Gasteiger partial charge in [-0.05, 0) is 48.4 Å². The summed E-state index contributed by atoms with van der Waals surface area (Å²) in [5.41, 5.74) is 3.01. The van der Waals surface area contributed by atoms with Crippen LogP contribution in [0.1, 0.15) is 24.1 Å². The van der Waals surface area contributed by atoms with Crippen LogP contribution in [0.15, 0.2) is 60.7 Å². The van der Waals surface area contributed by atoms with Gasteiger partial charge in [-0.15, -0.1) is 0 Å². The predicted molar refractivity (Wildman–Crippen MR) is 104 cm³/mol. The molecule has 1 amide bonds. The van der Waals surface area contributed by atoms with E-state index in [9.17, 15) is 4.79 Å². The first kappa shape index (κ1) is 17.5. The molecule has 0 aromatic heterocycles. The minimum Gasteiger partial charge on any atom is -0.332 e. The molecule has 3 aromatic carbocycles. The topological polar surface area (TPSA) is 45.7 Å². The lowest BCUT2D eigenvalue weighted by molar-refractivity contribution is -0.682. The maximum Gasteiger partial charge on any atom is 0.279 e. The Bertz CT molecular complexity index is 902. The maximum absolute atomic E-state index is 12.3. The van der Waals surface area contributed by atoms with Crippen molar-refractivity contribution in [2.45, 2.75) is 19.9 Å². The van der Waals surface area contributed by atoms with E-state index in [0.29, 0.717) is 11.6 Å². The summed E-state index contributed by atoms with van der Waals surface area (Å²) >= 11 is 5.95. The van der Waals surface area contributed by atoms with Crippen LogP contribution >= 0.6 is 11.6 Å². The van der Waals surface area contributed by atoms with Gasteiger partial charge in [0.1, 0.15) is 6.04 Å². The molecule has 1 atom stereocenters. The minimum absolute atomic E-state index is 0.0162.